The number of phenols is 1. The zero-order chi connectivity index (χ0) is 37.8. The molecule has 14 nitrogen and oxygen atoms in total. The van der Waals surface area contributed by atoms with E-state index in [1.54, 1.807) is 28.5 Å². The molecule has 16 heteroatoms. The number of ether oxygens (including phenoxy) is 1. The van der Waals surface area contributed by atoms with E-state index >= 15 is 4.39 Å². The summed E-state index contributed by atoms with van der Waals surface area (Å²) >= 11 is 0. The van der Waals surface area contributed by atoms with Crippen LogP contribution in [0.25, 0.3) is 21.8 Å². The monoisotopic (exact) mass is 750 g/mol. The van der Waals surface area contributed by atoms with Crippen molar-refractivity contribution < 1.29 is 37.0 Å². The Balaban J connectivity index is 0.925. The fourth-order valence-corrected chi connectivity index (χ4v) is 8.83. The first-order chi connectivity index (χ1) is 25.1. The number of halogens is 1. The Kier molecular flexibility index (Phi) is 9.47. The van der Waals surface area contributed by atoms with Crippen LogP contribution in [0.5, 0.6) is 11.5 Å². The second-order valence-electron chi connectivity index (χ2n) is 15.0. The molecule has 0 aliphatic carbocycles. The Morgan fingerprint density at radius 2 is 1.72 bits per heavy atom. The molecule has 4 aromatic rings. The van der Waals surface area contributed by atoms with Crippen molar-refractivity contribution in [1.82, 2.24) is 24.1 Å². The van der Waals surface area contributed by atoms with E-state index in [0.29, 0.717) is 39.9 Å². The number of aryl methyl sites for hydroxylation is 1. The number of aromatic hydroxyl groups is 1. The van der Waals surface area contributed by atoms with E-state index < -0.39 is 51.9 Å². The topological polar surface area (TPSA) is 172 Å². The Hall–Kier alpha value is -4.96. The van der Waals surface area contributed by atoms with Gasteiger partial charge in [-0.15, -0.1) is 0 Å². The van der Waals surface area contributed by atoms with Gasteiger partial charge in [0.05, 0.1) is 17.6 Å². The van der Waals surface area contributed by atoms with Crippen molar-refractivity contribution in [3.8, 4) is 11.5 Å². The summed E-state index contributed by atoms with van der Waals surface area (Å²) in [6, 6.07) is 11.3. The van der Waals surface area contributed by atoms with Crippen LogP contribution in [0.1, 0.15) is 69.9 Å². The molecule has 53 heavy (non-hydrogen) atoms. The number of aromatic nitrogens is 2. The minimum absolute atomic E-state index is 0.0486. The van der Waals surface area contributed by atoms with Gasteiger partial charge in [0.1, 0.15) is 29.8 Å². The fourth-order valence-electron chi connectivity index (χ4n) is 7.66. The molecule has 0 saturated carbocycles. The second-order valence-corrected chi connectivity index (χ2v) is 16.6. The van der Waals surface area contributed by atoms with Crippen LogP contribution in [0, 0.1) is 11.2 Å². The van der Waals surface area contributed by atoms with Gasteiger partial charge in [0.2, 0.25) is 11.8 Å². The van der Waals surface area contributed by atoms with Crippen molar-refractivity contribution in [2.75, 3.05) is 37.1 Å². The van der Waals surface area contributed by atoms with Gasteiger partial charge in [0, 0.05) is 18.9 Å². The summed E-state index contributed by atoms with van der Waals surface area (Å²) < 4.78 is 51.7. The Labute approximate surface area is 305 Å². The van der Waals surface area contributed by atoms with Gasteiger partial charge < -0.3 is 14.7 Å². The van der Waals surface area contributed by atoms with E-state index in [0.717, 1.165) is 50.8 Å². The standard InChI is InChI=1S/C37H43FN6O8S/c1-37(2,13-17-52-25-6-4-24-19-30(45)34(33(38)26(24)20-25)43-21-32(47)40-53(43,50)51)12-16-42-14-10-22(11-15-42)23-5-7-27-29(18-23)41(3)36(49)44(27)28-8-9-31(46)39-35(28)48/h4-7,18-20,22,28,45H,8-17,21H2,1-3H3,(H,40,47)(H,39,46,48). The van der Waals surface area contributed by atoms with Crippen molar-refractivity contribution in [2.45, 2.75) is 64.3 Å². The zero-order valence-electron chi connectivity index (χ0n) is 29.9. The van der Waals surface area contributed by atoms with Crippen molar-refractivity contribution in [1.29, 1.82) is 0 Å². The third-order valence-electron chi connectivity index (χ3n) is 10.9. The highest BCUT2D eigenvalue weighted by molar-refractivity contribution is 7.92. The number of fused-ring (bicyclic) bond motifs is 2. The van der Waals surface area contributed by atoms with Crippen molar-refractivity contribution in [2.24, 2.45) is 12.5 Å². The summed E-state index contributed by atoms with van der Waals surface area (Å²) in [5.41, 5.74) is 1.72. The molecule has 3 amide bonds. The first-order valence-corrected chi connectivity index (χ1v) is 19.2. The van der Waals surface area contributed by atoms with Gasteiger partial charge in [-0.25, -0.2) is 18.2 Å². The molecule has 1 aromatic heterocycles. The molecule has 3 aliphatic heterocycles. The molecule has 0 bridgehead atoms. The van der Waals surface area contributed by atoms with Crippen LogP contribution >= 0.6 is 0 Å². The number of phenolic OH excluding ortho intramolecular Hbond substituents is 1. The maximum absolute atomic E-state index is 15.6. The molecule has 3 N–H and O–H groups in total. The van der Waals surface area contributed by atoms with Crippen LogP contribution in [0.4, 0.5) is 10.1 Å². The lowest BCUT2D eigenvalue weighted by molar-refractivity contribution is -0.135. The van der Waals surface area contributed by atoms with Gasteiger partial charge in [-0.1, -0.05) is 26.0 Å². The Morgan fingerprint density at radius 3 is 2.42 bits per heavy atom. The van der Waals surface area contributed by atoms with Crippen LogP contribution in [-0.2, 0) is 31.6 Å². The molecule has 0 spiro atoms. The third-order valence-corrected chi connectivity index (χ3v) is 12.3. The average Bonchev–Trinajstić information content (AvgIpc) is 3.52. The molecular weight excluding hydrogens is 708 g/mol. The van der Waals surface area contributed by atoms with Gasteiger partial charge in [0.15, 0.2) is 5.82 Å². The number of amides is 3. The SMILES string of the molecule is Cn1c(=O)n(C2CCC(=O)NC2=O)c2ccc(C3CCN(CCC(C)(C)CCOc4ccc5cc(O)c(N6CC(=O)NS6(=O)=O)c(F)c5c4)CC3)cc21. The molecule has 3 aliphatic rings. The number of hydrogen-bond donors (Lipinski definition) is 3. The van der Waals surface area contributed by atoms with Crippen LogP contribution in [0.3, 0.4) is 0 Å². The van der Waals surface area contributed by atoms with Gasteiger partial charge >= 0.3 is 15.9 Å². The summed E-state index contributed by atoms with van der Waals surface area (Å²) in [4.78, 5) is 51.6. The summed E-state index contributed by atoms with van der Waals surface area (Å²) in [5.74, 6) is -2.40. The minimum atomic E-state index is -4.32. The highest BCUT2D eigenvalue weighted by Crippen LogP contribution is 2.40. The Morgan fingerprint density at radius 1 is 0.962 bits per heavy atom. The molecule has 1 unspecified atom stereocenters. The lowest BCUT2D eigenvalue weighted by atomic mass is 9.85. The molecular formula is C37H43FN6O8S. The quantitative estimate of drug-likeness (QED) is 0.205. The van der Waals surface area contributed by atoms with E-state index in [-0.39, 0.29) is 28.8 Å². The predicted molar refractivity (Wildman–Crippen MR) is 196 cm³/mol. The number of benzene rings is 3. The number of rotatable bonds is 10. The maximum Gasteiger partial charge on any atom is 0.329 e. The molecule has 282 valence electrons. The van der Waals surface area contributed by atoms with E-state index in [9.17, 15) is 32.7 Å². The lowest BCUT2D eigenvalue weighted by Gasteiger charge is -2.34. The summed E-state index contributed by atoms with van der Waals surface area (Å²) in [7, 11) is -2.61. The Bertz CT molecular complexity index is 2310. The predicted octanol–water partition coefficient (Wildman–Crippen LogP) is 3.56. The van der Waals surface area contributed by atoms with Crippen molar-refractivity contribution >= 4 is 55.4 Å². The van der Waals surface area contributed by atoms with Crippen LogP contribution in [0.2, 0.25) is 0 Å². The molecule has 1 atom stereocenters. The number of piperidine rings is 2. The number of nitrogens with one attached hydrogen (secondary N) is 2. The summed E-state index contributed by atoms with van der Waals surface area (Å²) in [6.45, 7) is 6.92. The number of anilines is 1. The fraction of sp³-hybridized carbons (Fsp3) is 0.459. The first-order valence-electron chi connectivity index (χ1n) is 17.8. The van der Waals surface area contributed by atoms with Gasteiger partial charge in [0.25, 0.3) is 5.91 Å². The highest BCUT2D eigenvalue weighted by Gasteiger charge is 2.38. The van der Waals surface area contributed by atoms with E-state index in [2.05, 4.69) is 36.2 Å². The lowest BCUT2D eigenvalue weighted by Crippen LogP contribution is -2.44. The number of carbonyl (C=O) groups excluding carboxylic acids is 3. The highest BCUT2D eigenvalue weighted by atomic mass is 32.2. The average molecular weight is 751 g/mol. The number of imidazole rings is 1. The van der Waals surface area contributed by atoms with Crippen molar-refractivity contribution in [3.05, 3.63) is 64.3 Å². The van der Waals surface area contributed by atoms with E-state index in [1.807, 2.05) is 6.07 Å². The van der Waals surface area contributed by atoms with Gasteiger partial charge in [-0.2, -0.15) is 8.42 Å². The number of nitrogens with zero attached hydrogens (tertiary/aromatic N) is 4. The molecule has 7 rings (SSSR count). The molecule has 0 radical (unpaired) electrons. The smallest absolute Gasteiger partial charge is 0.329 e. The number of imide groups is 1. The summed E-state index contributed by atoms with van der Waals surface area (Å²) in [6.07, 6.45) is 4.13. The molecule has 3 fully saturated rings. The van der Waals surface area contributed by atoms with Gasteiger partial charge in [-0.3, -0.25) is 28.8 Å². The normalized spacial score (nSPS) is 20.0. The van der Waals surface area contributed by atoms with Crippen LogP contribution < -0.4 is 24.8 Å². The number of likely N-dealkylation sites (tertiary alicyclic amines) is 1. The number of carbonyl (C=O) groups is 3. The molecule has 3 aromatic carbocycles. The van der Waals surface area contributed by atoms with Gasteiger partial charge in [-0.05, 0) is 104 Å². The number of hydrogen-bond acceptors (Lipinski definition) is 9. The van der Waals surface area contributed by atoms with Crippen LogP contribution in [0.15, 0.2) is 47.3 Å². The van der Waals surface area contributed by atoms with Crippen LogP contribution in [-0.4, -0.2) is 78.1 Å². The first kappa shape index (κ1) is 36.4. The maximum atomic E-state index is 15.6. The largest absolute Gasteiger partial charge is 0.506 e. The van der Waals surface area contributed by atoms with E-state index in [4.69, 9.17) is 4.74 Å². The molecule has 3 saturated heterocycles. The zero-order valence-corrected chi connectivity index (χ0v) is 30.7. The van der Waals surface area contributed by atoms with Crippen molar-refractivity contribution in [3.63, 3.8) is 0 Å². The second kappa shape index (κ2) is 13.8. The summed E-state index contributed by atoms with van der Waals surface area (Å²) in [5, 5.41) is 13.2. The minimum Gasteiger partial charge on any atom is -0.506 e. The van der Waals surface area contributed by atoms with E-state index in [1.165, 1.54) is 22.3 Å². The third kappa shape index (κ3) is 7.09. The molecule has 4 heterocycles.